The molecule has 1 heterocycles. The van der Waals surface area contributed by atoms with Crippen molar-refractivity contribution in [3.05, 3.63) is 35.2 Å². The number of nitrogens with zero attached hydrogens (tertiary/aromatic N) is 3. The van der Waals surface area contributed by atoms with Gasteiger partial charge >= 0.3 is 0 Å². The molecule has 0 saturated carbocycles. The van der Waals surface area contributed by atoms with Crippen LogP contribution < -0.4 is 11.1 Å². The van der Waals surface area contributed by atoms with Crippen LogP contribution in [-0.2, 0) is 35.4 Å². The third-order valence-electron chi connectivity index (χ3n) is 4.72. The molecule has 2 amide bonds. The molecule has 3 N–H and O–H groups in total. The molecule has 0 fully saturated rings. The second kappa shape index (κ2) is 8.56. The molecule has 27 heavy (non-hydrogen) atoms. The zero-order valence-electron chi connectivity index (χ0n) is 15.7. The Morgan fingerprint density at radius 1 is 1.30 bits per heavy atom. The predicted molar refractivity (Wildman–Crippen MR) is 106 cm³/mol. The summed E-state index contributed by atoms with van der Waals surface area (Å²) in [7, 11) is 0. The highest BCUT2D eigenvalue weighted by atomic mass is 32.2. The van der Waals surface area contributed by atoms with E-state index in [1.807, 2.05) is 24.5 Å². The molecule has 1 aliphatic carbocycles. The lowest BCUT2D eigenvalue weighted by Crippen LogP contribution is -2.23. The molecular weight excluding hydrogens is 362 g/mol. The van der Waals surface area contributed by atoms with Gasteiger partial charge in [-0.1, -0.05) is 17.8 Å². The number of benzene rings is 1. The molecule has 3 rings (SSSR count). The van der Waals surface area contributed by atoms with Gasteiger partial charge in [-0.15, -0.1) is 10.2 Å². The number of anilines is 1. The van der Waals surface area contributed by atoms with Crippen LogP contribution in [0.3, 0.4) is 0 Å². The van der Waals surface area contributed by atoms with E-state index in [9.17, 15) is 9.59 Å². The largest absolute Gasteiger partial charge is 0.370 e. The Kier molecular flexibility index (Phi) is 6.15. The van der Waals surface area contributed by atoms with Crippen LogP contribution in [0.15, 0.2) is 23.4 Å². The van der Waals surface area contributed by atoms with Gasteiger partial charge in [0, 0.05) is 25.1 Å². The fourth-order valence-corrected chi connectivity index (χ4v) is 4.18. The Hall–Kier alpha value is -2.35. The number of carbonyl (C=O) groups is 2. The number of amides is 2. The van der Waals surface area contributed by atoms with Crippen LogP contribution in [0.5, 0.6) is 0 Å². The number of aryl methyl sites for hydroxylation is 3. The summed E-state index contributed by atoms with van der Waals surface area (Å²) in [5.74, 6) is 0.282. The van der Waals surface area contributed by atoms with Gasteiger partial charge in [0.2, 0.25) is 11.8 Å². The van der Waals surface area contributed by atoms with Crippen molar-refractivity contribution >= 4 is 29.3 Å². The van der Waals surface area contributed by atoms with Crippen LogP contribution in [0.1, 0.15) is 43.6 Å². The zero-order chi connectivity index (χ0) is 19.4. The first-order valence-electron chi connectivity index (χ1n) is 9.27. The van der Waals surface area contributed by atoms with E-state index < -0.39 is 0 Å². The van der Waals surface area contributed by atoms with E-state index >= 15 is 0 Å². The molecule has 0 aliphatic heterocycles. The number of hydrogen-bond donors (Lipinski definition) is 2. The van der Waals surface area contributed by atoms with Gasteiger partial charge in [0.25, 0.3) is 0 Å². The van der Waals surface area contributed by atoms with E-state index in [0.717, 1.165) is 18.5 Å². The topological polar surface area (TPSA) is 103 Å². The summed E-state index contributed by atoms with van der Waals surface area (Å²) < 4.78 is 1.92. The molecule has 1 unspecified atom stereocenters. The van der Waals surface area contributed by atoms with Crippen molar-refractivity contribution in [2.75, 3.05) is 5.32 Å². The lowest BCUT2D eigenvalue weighted by molar-refractivity contribution is -0.118. The third-order valence-corrected chi connectivity index (χ3v) is 5.80. The SMILES string of the molecule is CCn1c(CCC(N)=O)nnc1SC(C)C(=O)Nc1ccc2c(c1)CCC2. The summed E-state index contributed by atoms with van der Waals surface area (Å²) in [6.07, 6.45) is 4.07. The second-order valence-corrected chi connectivity index (χ2v) is 8.00. The number of nitrogens with two attached hydrogens (primary N) is 1. The first-order chi connectivity index (χ1) is 13.0. The van der Waals surface area contributed by atoms with E-state index in [2.05, 4.69) is 27.6 Å². The van der Waals surface area contributed by atoms with Crippen molar-refractivity contribution in [1.29, 1.82) is 0 Å². The summed E-state index contributed by atoms with van der Waals surface area (Å²) in [6.45, 7) is 4.50. The van der Waals surface area contributed by atoms with Crippen molar-refractivity contribution in [2.45, 2.75) is 62.9 Å². The van der Waals surface area contributed by atoms with E-state index in [0.29, 0.717) is 23.9 Å². The van der Waals surface area contributed by atoms with Crippen molar-refractivity contribution in [1.82, 2.24) is 14.8 Å². The molecular formula is C19H25N5O2S. The summed E-state index contributed by atoms with van der Waals surface area (Å²) in [4.78, 5) is 23.6. The number of nitrogens with one attached hydrogen (secondary N) is 1. The Balaban J connectivity index is 1.63. The smallest absolute Gasteiger partial charge is 0.237 e. The minimum absolute atomic E-state index is 0.0673. The molecule has 0 saturated heterocycles. The van der Waals surface area contributed by atoms with Gasteiger partial charge in [-0.3, -0.25) is 9.59 Å². The Bertz CT molecular complexity index is 849. The van der Waals surface area contributed by atoms with Crippen LogP contribution in [0.2, 0.25) is 0 Å². The summed E-state index contributed by atoms with van der Waals surface area (Å²) in [6, 6.07) is 6.15. The Morgan fingerprint density at radius 2 is 2.07 bits per heavy atom. The number of carbonyl (C=O) groups excluding carboxylic acids is 2. The molecule has 1 aliphatic rings. The molecule has 1 atom stereocenters. The van der Waals surface area contributed by atoms with Gasteiger partial charge in [-0.05, 0) is 56.4 Å². The van der Waals surface area contributed by atoms with Gasteiger partial charge < -0.3 is 15.6 Å². The molecule has 7 nitrogen and oxygen atoms in total. The average Bonchev–Trinajstić information content (AvgIpc) is 3.25. The molecule has 1 aromatic carbocycles. The Labute approximate surface area is 163 Å². The third kappa shape index (κ3) is 4.68. The second-order valence-electron chi connectivity index (χ2n) is 6.70. The van der Waals surface area contributed by atoms with Crippen LogP contribution >= 0.6 is 11.8 Å². The molecule has 0 bridgehead atoms. The monoisotopic (exact) mass is 387 g/mol. The molecule has 8 heteroatoms. The number of rotatable bonds is 8. The van der Waals surface area contributed by atoms with Crippen molar-refractivity contribution in [2.24, 2.45) is 5.73 Å². The standard InChI is InChI=1S/C19H25N5O2S/c1-3-24-17(10-9-16(20)25)22-23-19(24)27-12(2)18(26)21-15-8-7-13-5-4-6-14(13)11-15/h7-8,11-12H,3-6,9-10H2,1-2H3,(H2,20,25)(H,21,26). The lowest BCUT2D eigenvalue weighted by Gasteiger charge is -2.13. The van der Waals surface area contributed by atoms with Gasteiger partial charge in [0.05, 0.1) is 5.25 Å². The molecule has 144 valence electrons. The van der Waals surface area contributed by atoms with Crippen LogP contribution in [0, 0.1) is 0 Å². The van der Waals surface area contributed by atoms with Crippen LogP contribution in [-0.4, -0.2) is 31.8 Å². The summed E-state index contributed by atoms with van der Waals surface area (Å²) >= 11 is 1.36. The maximum atomic E-state index is 12.6. The van der Waals surface area contributed by atoms with Crippen molar-refractivity contribution < 1.29 is 9.59 Å². The fraction of sp³-hybridized carbons (Fsp3) is 0.474. The van der Waals surface area contributed by atoms with E-state index in [1.165, 1.54) is 29.3 Å². The normalized spacial score (nSPS) is 14.0. The number of hydrogen-bond acceptors (Lipinski definition) is 5. The first kappa shape index (κ1) is 19.4. The van der Waals surface area contributed by atoms with Gasteiger partial charge in [0.1, 0.15) is 5.82 Å². The first-order valence-corrected chi connectivity index (χ1v) is 10.2. The summed E-state index contributed by atoms with van der Waals surface area (Å²) in [5.41, 5.74) is 8.77. The zero-order valence-corrected chi connectivity index (χ0v) is 16.5. The highest BCUT2D eigenvalue weighted by molar-refractivity contribution is 8.00. The minimum atomic E-state index is -0.364. The van der Waals surface area contributed by atoms with Crippen LogP contribution in [0.25, 0.3) is 0 Å². The van der Waals surface area contributed by atoms with Gasteiger partial charge in [-0.25, -0.2) is 0 Å². The van der Waals surface area contributed by atoms with E-state index in [4.69, 9.17) is 5.73 Å². The predicted octanol–water partition coefficient (Wildman–Crippen LogP) is 2.32. The molecule has 2 aromatic rings. The lowest BCUT2D eigenvalue weighted by atomic mass is 10.1. The average molecular weight is 388 g/mol. The molecule has 0 spiro atoms. The Morgan fingerprint density at radius 3 is 2.81 bits per heavy atom. The van der Waals surface area contributed by atoms with Gasteiger partial charge in [0.15, 0.2) is 5.16 Å². The van der Waals surface area contributed by atoms with Gasteiger partial charge in [-0.2, -0.15) is 0 Å². The van der Waals surface area contributed by atoms with E-state index in [1.54, 1.807) is 0 Å². The van der Waals surface area contributed by atoms with Crippen molar-refractivity contribution in [3.63, 3.8) is 0 Å². The number of aromatic nitrogens is 3. The molecule has 1 aromatic heterocycles. The maximum absolute atomic E-state index is 12.6. The fourth-order valence-electron chi connectivity index (χ4n) is 3.25. The minimum Gasteiger partial charge on any atom is -0.370 e. The number of fused-ring (bicyclic) bond motifs is 1. The van der Waals surface area contributed by atoms with Crippen molar-refractivity contribution in [3.8, 4) is 0 Å². The van der Waals surface area contributed by atoms with Crippen LogP contribution in [0.4, 0.5) is 5.69 Å². The highest BCUT2D eigenvalue weighted by Gasteiger charge is 2.20. The number of primary amides is 1. The summed E-state index contributed by atoms with van der Waals surface area (Å²) in [5, 5.41) is 11.7. The number of thioether (sulfide) groups is 1. The quantitative estimate of drug-likeness (QED) is 0.677. The highest BCUT2D eigenvalue weighted by Crippen LogP contribution is 2.27. The molecule has 0 radical (unpaired) electrons. The van der Waals surface area contributed by atoms with E-state index in [-0.39, 0.29) is 23.5 Å². The maximum Gasteiger partial charge on any atom is 0.237 e.